The predicted octanol–water partition coefficient (Wildman–Crippen LogP) is 1.99. The average Bonchev–Trinajstić information content (AvgIpc) is 2.73. The molecule has 0 bridgehead atoms. The first-order chi connectivity index (χ1) is 13.5. The van der Waals surface area contributed by atoms with Crippen LogP contribution in [-0.2, 0) is 11.8 Å². The Kier molecular flexibility index (Phi) is 5.39. The number of esters is 1. The normalized spacial score (nSPS) is 10.5. The Balaban J connectivity index is 1.86. The molecule has 3 rings (SSSR count). The Morgan fingerprint density at radius 2 is 1.75 bits per heavy atom. The molecular weight excluding hydrogens is 364 g/mol. The van der Waals surface area contributed by atoms with Crippen LogP contribution in [0.2, 0.25) is 0 Å². The zero-order chi connectivity index (χ0) is 20.3. The van der Waals surface area contributed by atoms with Crippen molar-refractivity contribution in [2.24, 2.45) is 7.05 Å². The molecule has 144 valence electrons. The first-order valence-electron chi connectivity index (χ1n) is 8.34. The first-order valence-corrected chi connectivity index (χ1v) is 8.34. The topological polar surface area (TPSA) is 96.7 Å². The molecule has 8 nitrogen and oxygen atoms in total. The minimum Gasteiger partial charge on any atom is -0.497 e. The van der Waals surface area contributed by atoms with Gasteiger partial charge in [-0.15, -0.1) is 0 Å². The lowest BCUT2D eigenvalue weighted by Crippen LogP contribution is -2.24. The van der Waals surface area contributed by atoms with E-state index in [1.165, 1.54) is 27.3 Å². The van der Waals surface area contributed by atoms with E-state index < -0.39 is 18.4 Å². The summed E-state index contributed by atoms with van der Waals surface area (Å²) >= 11 is 0. The third kappa shape index (κ3) is 3.57. The van der Waals surface area contributed by atoms with Gasteiger partial charge in [-0.3, -0.25) is 9.59 Å². The predicted molar refractivity (Wildman–Crippen MR) is 101 cm³/mol. The molecule has 1 heterocycles. The van der Waals surface area contributed by atoms with Gasteiger partial charge in [-0.25, -0.2) is 9.48 Å². The van der Waals surface area contributed by atoms with Crippen molar-refractivity contribution in [3.05, 3.63) is 64.1 Å². The Hall–Kier alpha value is -3.68. The summed E-state index contributed by atoms with van der Waals surface area (Å²) in [6.45, 7) is -0.513. The number of aromatic nitrogens is 2. The summed E-state index contributed by atoms with van der Waals surface area (Å²) in [7, 11) is 4.36. The zero-order valence-corrected chi connectivity index (χ0v) is 15.6. The maximum atomic E-state index is 12.5. The second kappa shape index (κ2) is 7.91. The van der Waals surface area contributed by atoms with Gasteiger partial charge in [-0.1, -0.05) is 18.2 Å². The van der Waals surface area contributed by atoms with Crippen LogP contribution in [0.3, 0.4) is 0 Å². The van der Waals surface area contributed by atoms with Crippen molar-refractivity contribution in [1.82, 2.24) is 9.78 Å². The third-order valence-corrected chi connectivity index (χ3v) is 4.19. The van der Waals surface area contributed by atoms with E-state index in [1.54, 1.807) is 36.4 Å². The number of ketones is 1. The number of hydrogen-bond donors (Lipinski definition) is 0. The highest BCUT2D eigenvalue weighted by atomic mass is 16.5. The van der Waals surface area contributed by atoms with Crippen LogP contribution in [0, 0.1) is 0 Å². The minimum atomic E-state index is -0.804. The maximum absolute atomic E-state index is 12.5. The van der Waals surface area contributed by atoms with Gasteiger partial charge in [-0.2, -0.15) is 5.10 Å². The van der Waals surface area contributed by atoms with E-state index in [0.717, 1.165) is 4.68 Å². The molecule has 0 atom stereocenters. The number of aryl methyl sites for hydroxylation is 1. The molecule has 0 amide bonds. The van der Waals surface area contributed by atoms with Crippen molar-refractivity contribution in [3.63, 3.8) is 0 Å². The average molecular weight is 382 g/mol. The van der Waals surface area contributed by atoms with E-state index in [0.29, 0.717) is 22.3 Å². The summed E-state index contributed by atoms with van der Waals surface area (Å²) < 4.78 is 16.5. The highest BCUT2D eigenvalue weighted by Crippen LogP contribution is 2.24. The number of fused-ring (bicyclic) bond motifs is 1. The van der Waals surface area contributed by atoms with Crippen molar-refractivity contribution < 1.29 is 23.8 Å². The van der Waals surface area contributed by atoms with Gasteiger partial charge in [-0.05, 0) is 24.3 Å². The number of hydrogen-bond acceptors (Lipinski definition) is 7. The fraction of sp³-hybridized carbons (Fsp3) is 0.200. The molecule has 0 spiro atoms. The smallest absolute Gasteiger partial charge is 0.359 e. The lowest BCUT2D eigenvalue weighted by molar-refractivity contribution is 0.0468. The standard InChI is InChI=1S/C20H18N2O6/c1-22-19(24)14-7-5-4-6-13(14)18(21-22)20(25)28-11-16(23)15-10-12(26-2)8-9-17(15)27-3/h4-10H,11H2,1-3H3. The molecule has 3 aromatic rings. The largest absolute Gasteiger partial charge is 0.497 e. The van der Waals surface area contributed by atoms with Crippen molar-refractivity contribution in [1.29, 1.82) is 0 Å². The van der Waals surface area contributed by atoms with Gasteiger partial charge >= 0.3 is 5.97 Å². The molecule has 0 saturated heterocycles. The molecule has 0 radical (unpaired) electrons. The Bertz CT molecular complexity index is 1120. The minimum absolute atomic E-state index is 0.0388. The van der Waals surface area contributed by atoms with Gasteiger partial charge in [0.05, 0.1) is 25.2 Å². The van der Waals surface area contributed by atoms with E-state index in [1.807, 2.05) is 0 Å². The second-order valence-electron chi connectivity index (χ2n) is 5.89. The van der Waals surface area contributed by atoms with Crippen LogP contribution in [0.4, 0.5) is 0 Å². The number of carbonyl (C=O) groups is 2. The van der Waals surface area contributed by atoms with Crippen molar-refractivity contribution in [3.8, 4) is 11.5 Å². The summed E-state index contributed by atoms with van der Waals surface area (Å²) in [5, 5.41) is 4.69. The van der Waals surface area contributed by atoms with E-state index in [4.69, 9.17) is 14.2 Å². The molecule has 1 aromatic heterocycles. The van der Waals surface area contributed by atoms with E-state index >= 15 is 0 Å². The molecule has 0 aliphatic carbocycles. The van der Waals surface area contributed by atoms with Gasteiger partial charge < -0.3 is 14.2 Å². The molecule has 8 heteroatoms. The molecule has 28 heavy (non-hydrogen) atoms. The van der Waals surface area contributed by atoms with Gasteiger partial charge in [0, 0.05) is 12.4 Å². The number of carbonyl (C=O) groups excluding carboxylic acids is 2. The molecule has 2 aromatic carbocycles. The van der Waals surface area contributed by atoms with Crippen LogP contribution in [0.1, 0.15) is 20.8 Å². The Labute approximate surface area is 160 Å². The maximum Gasteiger partial charge on any atom is 0.359 e. The van der Waals surface area contributed by atoms with Crippen molar-refractivity contribution in [2.45, 2.75) is 0 Å². The summed E-state index contributed by atoms with van der Waals surface area (Å²) in [4.78, 5) is 37.2. The molecule has 0 unspecified atom stereocenters. The first kappa shape index (κ1) is 19.1. The lowest BCUT2D eigenvalue weighted by atomic mass is 10.1. The lowest BCUT2D eigenvalue weighted by Gasteiger charge is -2.11. The molecule has 0 saturated carbocycles. The van der Waals surface area contributed by atoms with Crippen LogP contribution < -0.4 is 15.0 Å². The van der Waals surface area contributed by atoms with Crippen molar-refractivity contribution in [2.75, 3.05) is 20.8 Å². The quantitative estimate of drug-likeness (QED) is 0.475. The fourth-order valence-corrected chi connectivity index (χ4v) is 2.76. The van der Waals surface area contributed by atoms with Crippen LogP contribution in [0.5, 0.6) is 11.5 Å². The summed E-state index contributed by atoms with van der Waals surface area (Å²) in [6.07, 6.45) is 0. The molecule has 0 N–H and O–H groups in total. The van der Waals surface area contributed by atoms with Crippen LogP contribution in [0.15, 0.2) is 47.3 Å². The number of Topliss-reactive ketones (excluding diaryl/α,β-unsaturated/α-hetero) is 1. The fourth-order valence-electron chi connectivity index (χ4n) is 2.76. The highest BCUT2D eigenvalue weighted by molar-refractivity contribution is 6.04. The van der Waals surface area contributed by atoms with Crippen LogP contribution >= 0.6 is 0 Å². The number of nitrogens with zero attached hydrogens (tertiary/aromatic N) is 2. The van der Waals surface area contributed by atoms with Crippen molar-refractivity contribution >= 4 is 22.5 Å². The van der Waals surface area contributed by atoms with Crippen LogP contribution in [0.25, 0.3) is 10.8 Å². The number of methoxy groups -OCH3 is 2. The van der Waals surface area contributed by atoms with E-state index in [9.17, 15) is 14.4 Å². The van der Waals surface area contributed by atoms with Gasteiger partial charge in [0.25, 0.3) is 5.56 Å². The summed E-state index contributed by atoms with van der Waals surface area (Å²) in [5.74, 6) is -0.450. The number of rotatable bonds is 6. The molecule has 0 fully saturated rings. The highest BCUT2D eigenvalue weighted by Gasteiger charge is 2.20. The Morgan fingerprint density at radius 1 is 1.04 bits per heavy atom. The second-order valence-corrected chi connectivity index (χ2v) is 5.89. The summed E-state index contributed by atoms with van der Waals surface area (Å²) in [5.41, 5.74) is -0.139. The Morgan fingerprint density at radius 3 is 2.43 bits per heavy atom. The number of ether oxygens (including phenoxy) is 3. The zero-order valence-electron chi connectivity index (χ0n) is 15.6. The molecule has 0 aliphatic rings. The van der Waals surface area contributed by atoms with E-state index in [2.05, 4.69) is 5.10 Å². The molecular formula is C20H18N2O6. The van der Waals surface area contributed by atoms with Gasteiger partial charge in [0.1, 0.15) is 11.5 Å². The van der Waals surface area contributed by atoms with Gasteiger partial charge in [0.2, 0.25) is 5.78 Å². The van der Waals surface area contributed by atoms with E-state index in [-0.39, 0.29) is 16.8 Å². The van der Waals surface area contributed by atoms with Crippen LogP contribution in [-0.4, -0.2) is 42.4 Å². The monoisotopic (exact) mass is 382 g/mol. The third-order valence-electron chi connectivity index (χ3n) is 4.19. The molecule has 0 aliphatic heterocycles. The van der Waals surface area contributed by atoms with Gasteiger partial charge in [0.15, 0.2) is 12.3 Å². The number of benzene rings is 2. The SMILES string of the molecule is COc1ccc(OC)c(C(=O)COC(=O)c2nn(C)c(=O)c3ccccc23)c1. The summed E-state index contributed by atoms with van der Waals surface area (Å²) in [6, 6.07) is 11.3.